The summed E-state index contributed by atoms with van der Waals surface area (Å²) in [6.45, 7) is 10.6. The van der Waals surface area contributed by atoms with Crippen LogP contribution in [0.3, 0.4) is 0 Å². The summed E-state index contributed by atoms with van der Waals surface area (Å²) in [5.74, 6) is -1.53. The van der Waals surface area contributed by atoms with Crippen LogP contribution >= 0.6 is 11.8 Å². The lowest BCUT2D eigenvalue weighted by molar-refractivity contribution is -0.155. The topological polar surface area (TPSA) is 95.9 Å². The second-order valence-corrected chi connectivity index (χ2v) is 12.3. The highest BCUT2D eigenvalue weighted by Crippen LogP contribution is 2.71. The average molecular weight is 455 g/mol. The standard InChI is InChI=1S/C23H38N2O5S/c1-6-30-20(29)16-15-19(28)25(13-9-7-8-10-14-26)17(18(27)24-21(2,3)4)23(15)12-11-22(16,5)31-23/h15-17,26H,6-14H2,1-5H3,(H,24,27)/t15-,16+,17?,22-,23?/m0/s1. The van der Waals surface area contributed by atoms with Crippen molar-refractivity contribution >= 4 is 29.5 Å². The van der Waals surface area contributed by atoms with E-state index in [2.05, 4.69) is 12.2 Å². The van der Waals surface area contributed by atoms with Gasteiger partial charge in [-0.2, -0.15) is 0 Å². The van der Waals surface area contributed by atoms with Gasteiger partial charge in [0.1, 0.15) is 6.04 Å². The summed E-state index contributed by atoms with van der Waals surface area (Å²) in [6.07, 6.45) is 4.86. The van der Waals surface area contributed by atoms with Gasteiger partial charge in [-0.05, 0) is 60.3 Å². The maximum absolute atomic E-state index is 13.7. The Morgan fingerprint density at radius 2 is 1.90 bits per heavy atom. The number of carbonyl (C=O) groups is 3. The van der Waals surface area contributed by atoms with Crippen molar-refractivity contribution in [3.8, 4) is 0 Å². The van der Waals surface area contributed by atoms with Crippen molar-refractivity contribution in [3.63, 3.8) is 0 Å². The lowest BCUT2D eigenvalue weighted by Gasteiger charge is -2.36. The van der Waals surface area contributed by atoms with Gasteiger partial charge in [0.2, 0.25) is 11.8 Å². The minimum atomic E-state index is -0.580. The average Bonchev–Trinajstić information content (AvgIpc) is 3.21. The summed E-state index contributed by atoms with van der Waals surface area (Å²) in [7, 11) is 0. The first-order chi connectivity index (χ1) is 14.5. The second-order valence-electron chi connectivity index (χ2n) is 10.4. The maximum atomic E-state index is 13.7. The molecule has 3 saturated heterocycles. The summed E-state index contributed by atoms with van der Waals surface area (Å²) >= 11 is 1.67. The lowest BCUT2D eigenvalue weighted by Crippen LogP contribution is -2.57. The lowest BCUT2D eigenvalue weighted by atomic mass is 9.66. The molecule has 1 spiro atoms. The molecule has 176 valence electrons. The number of carbonyl (C=O) groups excluding carboxylic acids is 3. The molecule has 0 radical (unpaired) electrons. The van der Waals surface area contributed by atoms with E-state index in [9.17, 15) is 14.4 Å². The molecule has 2 unspecified atom stereocenters. The monoisotopic (exact) mass is 454 g/mol. The summed E-state index contributed by atoms with van der Waals surface area (Å²) in [5, 5.41) is 12.1. The molecule has 3 rings (SSSR count). The Hall–Kier alpha value is -1.28. The van der Waals surface area contributed by atoms with Gasteiger partial charge in [0.05, 0.1) is 23.2 Å². The molecule has 7 nitrogen and oxygen atoms in total. The second kappa shape index (κ2) is 8.93. The molecule has 8 heteroatoms. The van der Waals surface area contributed by atoms with E-state index in [1.807, 2.05) is 20.8 Å². The number of unbranched alkanes of at least 4 members (excludes halogenated alkanes) is 3. The number of amides is 2. The normalized spacial score (nSPS) is 34.2. The van der Waals surface area contributed by atoms with E-state index in [0.29, 0.717) is 6.54 Å². The zero-order valence-corrected chi connectivity index (χ0v) is 20.3. The maximum Gasteiger partial charge on any atom is 0.311 e. The van der Waals surface area contributed by atoms with Crippen LogP contribution in [0.4, 0.5) is 0 Å². The van der Waals surface area contributed by atoms with Gasteiger partial charge in [-0.25, -0.2) is 0 Å². The summed E-state index contributed by atoms with van der Waals surface area (Å²) in [4.78, 5) is 41.9. The fraction of sp³-hybridized carbons (Fsp3) is 0.870. The van der Waals surface area contributed by atoms with Crippen molar-refractivity contribution in [1.29, 1.82) is 0 Å². The number of likely N-dealkylation sites (tertiary alicyclic amines) is 1. The molecule has 3 aliphatic heterocycles. The first-order valence-electron chi connectivity index (χ1n) is 11.6. The minimum absolute atomic E-state index is 0.0785. The van der Waals surface area contributed by atoms with Gasteiger partial charge in [0, 0.05) is 23.4 Å². The number of fused-ring (bicyclic) bond motifs is 1. The van der Waals surface area contributed by atoms with Crippen molar-refractivity contribution in [3.05, 3.63) is 0 Å². The van der Waals surface area contributed by atoms with Crippen LogP contribution in [-0.4, -0.2) is 68.6 Å². The molecule has 5 atom stereocenters. The number of hydrogen-bond donors (Lipinski definition) is 2. The third kappa shape index (κ3) is 4.34. The Bertz CT molecular complexity index is 723. The predicted molar refractivity (Wildman–Crippen MR) is 121 cm³/mol. The molecule has 2 N–H and O–H groups in total. The first kappa shape index (κ1) is 24.4. The van der Waals surface area contributed by atoms with Crippen LogP contribution in [0.15, 0.2) is 0 Å². The van der Waals surface area contributed by atoms with Crippen molar-refractivity contribution in [1.82, 2.24) is 10.2 Å². The van der Waals surface area contributed by atoms with Crippen molar-refractivity contribution in [2.75, 3.05) is 19.8 Å². The molecule has 0 aliphatic carbocycles. The van der Waals surface area contributed by atoms with E-state index in [0.717, 1.165) is 38.5 Å². The molecule has 0 aromatic carbocycles. The zero-order valence-electron chi connectivity index (χ0n) is 19.5. The number of esters is 1. The van der Waals surface area contributed by atoms with E-state index in [1.165, 1.54) is 0 Å². The molecule has 3 aliphatic rings. The smallest absolute Gasteiger partial charge is 0.311 e. The van der Waals surface area contributed by atoms with Gasteiger partial charge in [0.15, 0.2) is 0 Å². The fourth-order valence-corrected chi connectivity index (χ4v) is 8.09. The number of ether oxygens (including phenoxy) is 1. The van der Waals surface area contributed by atoms with Gasteiger partial charge in [-0.3, -0.25) is 14.4 Å². The molecule has 0 aromatic heterocycles. The Morgan fingerprint density at radius 3 is 2.52 bits per heavy atom. The van der Waals surface area contributed by atoms with Gasteiger partial charge in [-0.15, -0.1) is 11.8 Å². The molecule has 3 heterocycles. The van der Waals surface area contributed by atoms with Crippen LogP contribution in [-0.2, 0) is 19.1 Å². The van der Waals surface area contributed by atoms with Crippen molar-refractivity contribution in [2.24, 2.45) is 11.8 Å². The van der Waals surface area contributed by atoms with Crippen LogP contribution in [0.2, 0.25) is 0 Å². The van der Waals surface area contributed by atoms with Crippen LogP contribution in [0.25, 0.3) is 0 Å². The number of aliphatic hydroxyl groups excluding tert-OH is 1. The van der Waals surface area contributed by atoms with Crippen LogP contribution in [0, 0.1) is 11.8 Å². The highest BCUT2D eigenvalue weighted by Gasteiger charge is 2.77. The quantitative estimate of drug-likeness (QED) is 0.411. The van der Waals surface area contributed by atoms with E-state index < -0.39 is 28.2 Å². The van der Waals surface area contributed by atoms with E-state index >= 15 is 0 Å². The number of nitrogens with one attached hydrogen (secondary N) is 1. The predicted octanol–water partition coefficient (Wildman–Crippen LogP) is 2.50. The van der Waals surface area contributed by atoms with Gasteiger partial charge in [0.25, 0.3) is 0 Å². The van der Waals surface area contributed by atoms with E-state index in [4.69, 9.17) is 9.84 Å². The fourth-order valence-electron chi connectivity index (χ4n) is 5.74. The summed E-state index contributed by atoms with van der Waals surface area (Å²) in [5.41, 5.74) is -0.409. The van der Waals surface area contributed by atoms with Crippen LogP contribution < -0.4 is 5.32 Å². The van der Waals surface area contributed by atoms with Gasteiger partial charge in [-0.1, -0.05) is 12.8 Å². The number of aliphatic hydroxyl groups is 1. The summed E-state index contributed by atoms with van der Waals surface area (Å²) < 4.78 is 4.43. The third-order valence-electron chi connectivity index (χ3n) is 6.87. The third-order valence-corrected chi connectivity index (χ3v) is 8.86. The number of thioether (sulfide) groups is 1. The molecule has 3 fully saturated rings. The molecular formula is C23H38N2O5S. The van der Waals surface area contributed by atoms with E-state index in [1.54, 1.807) is 23.6 Å². The Labute approximate surface area is 190 Å². The number of hydrogen-bond acceptors (Lipinski definition) is 6. The molecule has 2 amide bonds. The molecule has 31 heavy (non-hydrogen) atoms. The Morgan fingerprint density at radius 1 is 1.23 bits per heavy atom. The zero-order chi connectivity index (χ0) is 23.0. The summed E-state index contributed by atoms with van der Waals surface area (Å²) in [6, 6.07) is -0.576. The van der Waals surface area contributed by atoms with Crippen molar-refractivity contribution in [2.45, 2.75) is 94.2 Å². The van der Waals surface area contributed by atoms with Crippen molar-refractivity contribution < 1.29 is 24.2 Å². The Balaban J connectivity index is 1.92. The molecular weight excluding hydrogens is 416 g/mol. The number of rotatable bonds is 9. The van der Waals surface area contributed by atoms with Gasteiger partial charge >= 0.3 is 5.97 Å². The number of nitrogens with zero attached hydrogens (tertiary/aromatic N) is 1. The molecule has 0 saturated carbocycles. The highest BCUT2D eigenvalue weighted by atomic mass is 32.2. The Kier molecular flexibility index (Phi) is 7.02. The van der Waals surface area contributed by atoms with Crippen LogP contribution in [0.1, 0.15) is 73.1 Å². The highest BCUT2D eigenvalue weighted by molar-refractivity contribution is 8.02. The SMILES string of the molecule is CCOC(=O)[C@H]1[C@H]2C(=O)N(CCCCCCO)C(C(=O)NC(C)(C)C)C23CC[C@]1(C)S3. The van der Waals surface area contributed by atoms with Gasteiger partial charge < -0.3 is 20.1 Å². The molecule has 2 bridgehead atoms. The first-order valence-corrected chi connectivity index (χ1v) is 12.4. The van der Waals surface area contributed by atoms with Crippen LogP contribution in [0.5, 0.6) is 0 Å². The minimum Gasteiger partial charge on any atom is -0.466 e. The molecule has 0 aromatic rings. The van der Waals surface area contributed by atoms with E-state index in [-0.39, 0.29) is 35.7 Å². The largest absolute Gasteiger partial charge is 0.466 e.